The van der Waals surface area contributed by atoms with Gasteiger partial charge in [-0.2, -0.15) is 0 Å². The monoisotopic (exact) mass is 742 g/mol. The normalized spacial score (nSPS) is 12.0. The fourth-order valence-corrected chi connectivity index (χ4v) is 10.6. The second-order valence-corrected chi connectivity index (χ2v) is 16.3. The summed E-state index contributed by atoms with van der Waals surface area (Å²) >= 11 is 1.87. The molecule has 0 N–H and O–H groups in total. The zero-order valence-corrected chi connectivity index (χ0v) is 32.1. The Morgan fingerprint density at radius 1 is 0.404 bits per heavy atom. The lowest BCUT2D eigenvalue weighted by Crippen LogP contribution is -1.92. The lowest BCUT2D eigenvalue weighted by atomic mass is 9.87. The molecule has 0 amide bonds. The molecule has 57 heavy (non-hydrogen) atoms. The number of hydrogen-bond donors (Lipinski definition) is 0. The van der Waals surface area contributed by atoms with Gasteiger partial charge < -0.3 is 4.42 Å². The first-order chi connectivity index (χ1) is 28.1. The van der Waals surface area contributed by atoms with E-state index in [0.717, 1.165) is 22.1 Å². The van der Waals surface area contributed by atoms with Gasteiger partial charge in [0.25, 0.3) is 0 Å². The molecule has 12 aromatic rings. The maximum atomic E-state index is 6.38. The van der Waals surface area contributed by atoms with Crippen molar-refractivity contribution in [2.45, 2.75) is 6.92 Å². The van der Waals surface area contributed by atoms with Crippen LogP contribution in [0.3, 0.4) is 0 Å². The SMILES string of the molecule is C=Cc1ccccc1-c1cc(-c2ccc3sc4ccc(-c5ccc6c(c5)c5ccccc5c5ccc7oc8ccccc8c7c56)cc4c3c2)c2ccccc2c1C. The molecule has 1 nitrogen and oxygen atoms in total. The van der Waals surface area contributed by atoms with Crippen LogP contribution >= 0.6 is 11.3 Å². The van der Waals surface area contributed by atoms with Gasteiger partial charge in [0.15, 0.2) is 0 Å². The van der Waals surface area contributed by atoms with Gasteiger partial charge in [-0.05, 0) is 144 Å². The van der Waals surface area contributed by atoms with Gasteiger partial charge in [0.1, 0.15) is 11.2 Å². The minimum absolute atomic E-state index is 0.923. The molecule has 0 spiro atoms. The summed E-state index contributed by atoms with van der Waals surface area (Å²) in [6.07, 6.45) is 1.96. The minimum atomic E-state index is 0.923. The number of aryl methyl sites for hydroxylation is 1. The van der Waals surface area contributed by atoms with Crippen molar-refractivity contribution in [3.05, 3.63) is 188 Å². The molecule has 0 aliphatic rings. The number of benzene rings is 10. The van der Waals surface area contributed by atoms with Crippen molar-refractivity contribution in [2.75, 3.05) is 0 Å². The summed E-state index contributed by atoms with van der Waals surface area (Å²) in [5.41, 5.74) is 11.6. The predicted octanol–water partition coefficient (Wildman–Crippen LogP) is 16.5. The number of fused-ring (bicyclic) bond motifs is 14. The quantitative estimate of drug-likeness (QED) is 0.164. The van der Waals surface area contributed by atoms with E-state index >= 15 is 0 Å². The molecule has 2 heterocycles. The summed E-state index contributed by atoms with van der Waals surface area (Å²) in [6.45, 7) is 6.38. The summed E-state index contributed by atoms with van der Waals surface area (Å²) < 4.78 is 8.97. The summed E-state index contributed by atoms with van der Waals surface area (Å²) in [4.78, 5) is 0. The van der Waals surface area contributed by atoms with Gasteiger partial charge in [-0.3, -0.25) is 0 Å². The summed E-state index contributed by atoms with van der Waals surface area (Å²) in [5, 5.41) is 15.0. The Morgan fingerprint density at radius 3 is 1.77 bits per heavy atom. The van der Waals surface area contributed by atoms with Gasteiger partial charge in [0, 0.05) is 36.3 Å². The van der Waals surface area contributed by atoms with Crippen LogP contribution in [0.25, 0.3) is 125 Å². The molecule has 266 valence electrons. The summed E-state index contributed by atoms with van der Waals surface area (Å²) in [6, 6.07) is 62.5. The molecule has 0 fully saturated rings. The third-order valence-electron chi connectivity index (χ3n) is 12.2. The third kappa shape index (κ3) is 4.75. The van der Waals surface area contributed by atoms with Gasteiger partial charge in [-0.25, -0.2) is 0 Å². The molecule has 0 radical (unpaired) electrons. The number of thiophene rings is 1. The lowest BCUT2D eigenvalue weighted by molar-refractivity contribution is 0.669. The molecule has 0 aliphatic heterocycles. The van der Waals surface area contributed by atoms with Crippen LogP contribution in [-0.4, -0.2) is 0 Å². The second kappa shape index (κ2) is 12.3. The van der Waals surface area contributed by atoms with Gasteiger partial charge in [0.05, 0.1) is 0 Å². The van der Waals surface area contributed by atoms with E-state index in [2.05, 4.69) is 177 Å². The molecule has 0 saturated heterocycles. The van der Waals surface area contributed by atoms with Crippen molar-refractivity contribution < 1.29 is 4.42 Å². The molecular formula is C55H34OS. The standard InChI is InChI=1S/C55H34OS/c1-3-33-12-4-5-14-38(33)45-31-46(39-15-7-6-13-37(39)32(45)2)36-22-27-53-49(30-36)48-29-35(21-26-52(48)57-53)34-20-23-43-47(28-34)41-17-9-8-16-40(41)42-24-25-51-55(54(42)43)44-18-10-11-19-50(44)56-51/h3-31H,1H2,2H3. The fourth-order valence-electron chi connectivity index (χ4n) is 9.52. The molecule has 12 rings (SSSR count). The van der Waals surface area contributed by atoms with Crippen LogP contribution in [0.5, 0.6) is 0 Å². The van der Waals surface area contributed by atoms with Gasteiger partial charge in [-0.15, -0.1) is 11.3 Å². The van der Waals surface area contributed by atoms with Crippen molar-refractivity contribution in [1.82, 2.24) is 0 Å². The Bertz CT molecular complexity index is 3670. The van der Waals surface area contributed by atoms with E-state index in [1.807, 2.05) is 23.5 Å². The van der Waals surface area contributed by atoms with Gasteiger partial charge >= 0.3 is 0 Å². The highest BCUT2D eigenvalue weighted by molar-refractivity contribution is 7.25. The van der Waals surface area contributed by atoms with Gasteiger partial charge in [-0.1, -0.05) is 128 Å². The molecule has 0 unspecified atom stereocenters. The third-order valence-corrected chi connectivity index (χ3v) is 13.4. The van der Waals surface area contributed by atoms with Crippen molar-refractivity contribution in [1.29, 1.82) is 0 Å². The molecule has 0 bridgehead atoms. The number of furan rings is 1. The number of rotatable bonds is 4. The second-order valence-electron chi connectivity index (χ2n) is 15.2. The van der Waals surface area contributed by atoms with Crippen LogP contribution in [0.2, 0.25) is 0 Å². The summed E-state index contributed by atoms with van der Waals surface area (Å²) in [5.74, 6) is 0. The van der Waals surface area contributed by atoms with Crippen molar-refractivity contribution in [3.8, 4) is 33.4 Å². The highest BCUT2D eigenvalue weighted by Crippen LogP contribution is 2.45. The van der Waals surface area contributed by atoms with E-state index in [0.29, 0.717) is 0 Å². The molecule has 2 aromatic heterocycles. The molecule has 2 heteroatoms. The fraction of sp³-hybridized carbons (Fsp3) is 0.0182. The Morgan fingerprint density at radius 2 is 0.982 bits per heavy atom. The number of para-hydroxylation sites is 1. The zero-order chi connectivity index (χ0) is 37.8. The van der Waals surface area contributed by atoms with Crippen LogP contribution < -0.4 is 0 Å². The first-order valence-electron chi connectivity index (χ1n) is 19.5. The first kappa shape index (κ1) is 32.3. The van der Waals surface area contributed by atoms with Crippen LogP contribution in [0.15, 0.2) is 181 Å². The first-order valence-corrected chi connectivity index (χ1v) is 20.3. The molecule has 0 atom stereocenters. The largest absolute Gasteiger partial charge is 0.456 e. The smallest absolute Gasteiger partial charge is 0.136 e. The van der Waals surface area contributed by atoms with E-state index < -0.39 is 0 Å². The maximum Gasteiger partial charge on any atom is 0.136 e. The zero-order valence-electron chi connectivity index (χ0n) is 31.3. The molecule has 10 aromatic carbocycles. The lowest BCUT2D eigenvalue weighted by Gasteiger charge is -2.17. The van der Waals surface area contributed by atoms with Crippen LogP contribution in [0, 0.1) is 6.92 Å². The van der Waals surface area contributed by atoms with Crippen LogP contribution in [0.1, 0.15) is 11.1 Å². The molecular weight excluding hydrogens is 709 g/mol. The van der Waals surface area contributed by atoms with E-state index in [4.69, 9.17) is 4.42 Å². The van der Waals surface area contributed by atoms with Crippen molar-refractivity contribution in [3.63, 3.8) is 0 Å². The molecule has 0 saturated carbocycles. The Hall–Kier alpha value is -7.00. The average Bonchev–Trinajstić information content (AvgIpc) is 3.84. The Kier molecular flexibility index (Phi) is 6.93. The van der Waals surface area contributed by atoms with Crippen LogP contribution in [0.4, 0.5) is 0 Å². The van der Waals surface area contributed by atoms with Crippen molar-refractivity contribution in [2.24, 2.45) is 0 Å². The van der Waals surface area contributed by atoms with E-state index in [1.165, 1.54) is 108 Å². The average molecular weight is 743 g/mol. The topological polar surface area (TPSA) is 13.1 Å². The Labute approximate surface area is 333 Å². The minimum Gasteiger partial charge on any atom is -0.456 e. The number of hydrogen-bond acceptors (Lipinski definition) is 2. The van der Waals surface area contributed by atoms with Crippen molar-refractivity contribution >= 4 is 103 Å². The predicted molar refractivity (Wildman–Crippen MR) is 248 cm³/mol. The van der Waals surface area contributed by atoms with Gasteiger partial charge in [0.2, 0.25) is 0 Å². The maximum absolute atomic E-state index is 6.38. The summed E-state index contributed by atoms with van der Waals surface area (Å²) in [7, 11) is 0. The highest BCUT2D eigenvalue weighted by Gasteiger charge is 2.18. The Balaban J connectivity index is 1.06. The molecule has 0 aliphatic carbocycles. The van der Waals surface area contributed by atoms with Crippen LogP contribution in [-0.2, 0) is 0 Å². The van der Waals surface area contributed by atoms with E-state index in [9.17, 15) is 0 Å². The highest BCUT2D eigenvalue weighted by atomic mass is 32.1. The van der Waals surface area contributed by atoms with E-state index in [-0.39, 0.29) is 0 Å². The van der Waals surface area contributed by atoms with E-state index in [1.54, 1.807) is 0 Å².